The molecule has 3 aromatic carbocycles. The Balaban J connectivity index is 1.46. The van der Waals surface area contributed by atoms with E-state index < -0.39 is 4.92 Å². The van der Waals surface area contributed by atoms with Gasteiger partial charge in [0.1, 0.15) is 11.4 Å². The van der Waals surface area contributed by atoms with Gasteiger partial charge in [0.2, 0.25) is 0 Å². The number of carbonyl (C=O) groups excluding carboxylic acids is 1. The second kappa shape index (κ2) is 10.1. The number of aryl methyl sites for hydroxylation is 1. The fourth-order valence-corrected chi connectivity index (χ4v) is 4.60. The van der Waals surface area contributed by atoms with E-state index in [2.05, 4.69) is 24.0 Å². The molecule has 188 valence electrons. The number of rotatable bonds is 6. The molecule has 1 aliphatic rings. The van der Waals surface area contributed by atoms with Gasteiger partial charge in [-0.25, -0.2) is 4.68 Å². The van der Waals surface area contributed by atoms with Crippen LogP contribution in [-0.2, 0) is 0 Å². The first-order valence-corrected chi connectivity index (χ1v) is 12.0. The van der Waals surface area contributed by atoms with E-state index in [1.807, 2.05) is 41.3 Å². The van der Waals surface area contributed by atoms with Crippen molar-refractivity contribution in [3.8, 4) is 22.7 Å². The highest BCUT2D eigenvalue weighted by atomic mass is 16.6. The Labute approximate surface area is 214 Å². The number of anilines is 1. The Hall–Kier alpha value is -4.66. The molecule has 0 aliphatic carbocycles. The lowest BCUT2D eigenvalue weighted by Gasteiger charge is -2.36. The van der Waals surface area contributed by atoms with Crippen molar-refractivity contribution in [2.45, 2.75) is 6.92 Å². The first kappa shape index (κ1) is 24.1. The van der Waals surface area contributed by atoms with Crippen LogP contribution in [0.15, 0.2) is 78.9 Å². The van der Waals surface area contributed by atoms with Gasteiger partial charge in [-0.05, 0) is 48.9 Å². The summed E-state index contributed by atoms with van der Waals surface area (Å²) in [6, 6.07) is 23.5. The zero-order valence-electron chi connectivity index (χ0n) is 20.7. The van der Waals surface area contributed by atoms with E-state index in [0.717, 1.165) is 18.7 Å². The number of carbonyl (C=O) groups is 1. The van der Waals surface area contributed by atoms with Gasteiger partial charge in [-0.1, -0.05) is 30.3 Å². The van der Waals surface area contributed by atoms with Crippen LogP contribution in [0.25, 0.3) is 16.9 Å². The summed E-state index contributed by atoms with van der Waals surface area (Å²) in [7, 11) is 1.60. The first-order valence-electron chi connectivity index (χ1n) is 12.0. The molecule has 2 heterocycles. The number of nitro groups is 1. The van der Waals surface area contributed by atoms with E-state index in [0.29, 0.717) is 35.9 Å². The number of ether oxygens (including phenoxy) is 1. The lowest BCUT2D eigenvalue weighted by Crippen LogP contribution is -2.49. The molecule has 0 radical (unpaired) electrons. The standard InChI is InChI=1S/C28H27N5O4/c1-20-6-3-4-9-26(20)30-14-16-31(17-15-30)28(34)27-19-25(21-7-5-8-24(18-21)37-2)29-32(27)22-10-12-23(13-11-22)33(35)36/h3-13,18-19H,14-17H2,1-2H3. The molecular weight excluding hydrogens is 470 g/mol. The van der Waals surface area contributed by atoms with Gasteiger partial charge in [0.25, 0.3) is 11.6 Å². The van der Waals surface area contributed by atoms with Crippen molar-refractivity contribution in [1.82, 2.24) is 14.7 Å². The van der Waals surface area contributed by atoms with E-state index in [4.69, 9.17) is 9.84 Å². The van der Waals surface area contributed by atoms with E-state index in [1.165, 1.54) is 23.4 Å². The predicted molar refractivity (Wildman–Crippen MR) is 142 cm³/mol. The number of nitrogens with zero attached hydrogens (tertiary/aromatic N) is 5. The van der Waals surface area contributed by atoms with Gasteiger partial charge in [0, 0.05) is 49.6 Å². The minimum absolute atomic E-state index is 0.0240. The van der Waals surface area contributed by atoms with Gasteiger partial charge in [-0.2, -0.15) is 5.10 Å². The summed E-state index contributed by atoms with van der Waals surface area (Å²) in [4.78, 5) is 28.6. The number of methoxy groups -OCH3 is 1. The summed E-state index contributed by atoms with van der Waals surface area (Å²) < 4.78 is 6.92. The van der Waals surface area contributed by atoms with Gasteiger partial charge in [0.15, 0.2) is 0 Å². The highest BCUT2D eigenvalue weighted by Gasteiger charge is 2.27. The molecule has 1 aliphatic heterocycles. The van der Waals surface area contributed by atoms with Gasteiger partial charge in [-0.3, -0.25) is 14.9 Å². The Morgan fingerprint density at radius 2 is 1.68 bits per heavy atom. The quantitative estimate of drug-likeness (QED) is 0.283. The lowest BCUT2D eigenvalue weighted by molar-refractivity contribution is -0.384. The van der Waals surface area contributed by atoms with Crippen LogP contribution in [0.5, 0.6) is 5.75 Å². The molecule has 0 bridgehead atoms. The molecule has 9 nitrogen and oxygen atoms in total. The summed E-state index contributed by atoms with van der Waals surface area (Å²) >= 11 is 0. The first-order chi connectivity index (χ1) is 17.9. The summed E-state index contributed by atoms with van der Waals surface area (Å²) in [5.41, 5.74) is 4.76. The highest BCUT2D eigenvalue weighted by molar-refractivity contribution is 5.94. The molecule has 0 unspecified atom stereocenters. The number of piperazine rings is 1. The molecule has 0 N–H and O–H groups in total. The van der Waals surface area contributed by atoms with Crippen molar-refractivity contribution in [1.29, 1.82) is 0 Å². The lowest BCUT2D eigenvalue weighted by atomic mass is 10.1. The molecule has 9 heteroatoms. The molecular formula is C28H27N5O4. The predicted octanol–water partition coefficient (Wildman–Crippen LogP) is 4.73. The topological polar surface area (TPSA) is 93.7 Å². The van der Waals surface area contributed by atoms with E-state index in [-0.39, 0.29) is 11.6 Å². The van der Waals surface area contributed by atoms with E-state index in [1.54, 1.807) is 30.0 Å². The molecule has 1 saturated heterocycles. The third-order valence-electron chi connectivity index (χ3n) is 6.62. The number of hydrogen-bond donors (Lipinski definition) is 0. The van der Waals surface area contributed by atoms with Gasteiger partial charge in [0.05, 0.1) is 23.4 Å². The average Bonchev–Trinajstić information content (AvgIpc) is 3.39. The van der Waals surface area contributed by atoms with Crippen LogP contribution >= 0.6 is 0 Å². The maximum atomic E-state index is 13.8. The molecule has 0 spiro atoms. The van der Waals surface area contributed by atoms with E-state index in [9.17, 15) is 14.9 Å². The molecule has 1 amide bonds. The normalized spacial score (nSPS) is 13.5. The number of non-ortho nitro benzene ring substituents is 1. The van der Waals surface area contributed by atoms with Gasteiger partial charge < -0.3 is 14.5 Å². The molecule has 0 atom stereocenters. The summed E-state index contributed by atoms with van der Waals surface area (Å²) in [5.74, 6) is 0.548. The fourth-order valence-electron chi connectivity index (χ4n) is 4.60. The Morgan fingerprint density at radius 3 is 2.35 bits per heavy atom. The number of benzene rings is 3. The van der Waals surface area contributed by atoms with Gasteiger partial charge in [-0.15, -0.1) is 0 Å². The minimum atomic E-state index is -0.450. The molecule has 37 heavy (non-hydrogen) atoms. The maximum absolute atomic E-state index is 13.8. The number of para-hydroxylation sites is 1. The summed E-state index contributed by atoms with van der Waals surface area (Å²) in [6.45, 7) is 4.70. The summed E-state index contributed by atoms with van der Waals surface area (Å²) in [6.07, 6.45) is 0. The Bertz CT molecular complexity index is 1440. The maximum Gasteiger partial charge on any atom is 0.272 e. The van der Waals surface area contributed by atoms with Crippen molar-refractivity contribution in [3.63, 3.8) is 0 Å². The second-order valence-electron chi connectivity index (χ2n) is 8.90. The van der Waals surface area contributed by atoms with Crippen LogP contribution in [0.3, 0.4) is 0 Å². The highest BCUT2D eigenvalue weighted by Crippen LogP contribution is 2.27. The van der Waals surface area contributed by atoms with Gasteiger partial charge >= 0.3 is 0 Å². The third kappa shape index (κ3) is 4.88. The number of aromatic nitrogens is 2. The Morgan fingerprint density at radius 1 is 0.946 bits per heavy atom. The van der Waals surface area contributed by atoms with Crippen LogP contribution in [0, 0.1) is 17.0 Å². The van der Waals surface area contributed by atoms with Crippen molar-refractivity contribution in [3.05, 3.63) is 100 Å². The van der Waals surface area contributed by atoms with Crippen molar-refractivity contribution in [2.75, 3.05) is 38.2 Å². The van der Waals surface area contributed by atoms with Crippen LogP contribution < -0.4 is 9.64 Å². The minimum Gasteiger partial charge on any atom is -0.497 e. The van der Waals surface area contributed by atoms with Crippen LogP contribution in [-0.4, -0.2) is 58.8 Å². The van der Waals surface area contributed by atoms with Crippen molar-refractivity contribution < 1.29 is 14.5 Å². The Kier molecular flexibility index (Phi) is 6.59. The number of nitro benzene ring substituents is 1. The van der Waals surface area contributed by atoms with Crippen LogP contribution in [0.1, 0.15) is 16.1 Å². The molecule has 1 fully saturated rings. The molecule has 1 aromatic heterocycles. The SMILES string of the molecule is COc1cccc(-c2cc(C(=O)N3CCN(c4ccccc4C)CC3)n(-c3ccc([N+](=O)[O-])cc3)n2)c1. The smallest absolute Gasteiger partial charge is 0.272 e. The second-order valence-corrected chi connectivity index (χ2v) is 8.90. The van der Waals surface area contributed by atoms with Crippen molar-refractivity contribution >= 4 is 17.3 Å². The number of hydrogen-bond acceptors (Lipinski definition) is 6. The largest absolute Gasteiger partial charge is 0.497 e. The van der Waals surface area contributed by atoms with Crippen molar-refractivity contribution in [2.24, 2.45) is 0 Å². The zero-order chi connectivity index (χ0) is 25.9. The number of amides is 1. The molecule has 4 aromatic rings. The van der Waals surface area contributed by atoms with Crippen LogP contribution in [0.4, 0.5) is 11.4 Å². The molecule has 5 rings (SSSR count). The summed E-state index contributed by atoms with van der Waals surface area (Å²) in [5, 5.41) is 15.9. The third-order valence-corrected chi connectivity index (χ3v) is 6.62. The monoisotopic (exact) mass is 497 g/mol. The van der Waals surface area contributed by atoms with E-state index >= 15 is 0 Å². The zero-order valence-corrected chi connectivity index (χ0v) is 20.7. The fraction of sp³-hybridized carbons (Fsp3) is 0.214. The molecule has 0 saturated carbocycles. The average molecular weight is 498 g/mol. The van der Waals surface area contributed by atoms with Crippen LogP contribution in [0.2, 0.25) is 0 Å².